The molecule has 1 aromatic heterocycles. The standard InChI is InChI=1S/C10H12F2O3/c1-6(2)8(13)10(11,12)9(14)7-4-3-5-15-7/h3-6,8,13H,1-2H3. The van der Waals surface area contributed by atoms with Gasteiger partial charge in [-0.2, -0.15) is 8.78 Å². The molecule has 0 aliphatic carbocycles. The fourth-order valence-electron chi connectivity index (χ4n) is 1.12. The number of carbonyl (C=O) groups excluding carboxylic acids is 1. The molecule has 0 aliphatic heterocycles. The predicted molar refractivity (Wildman–Crippen MR) is 48.8 cm³/mol. The molecule has 1 heterocycles. The van der Waals surface area contributed by atoms with Crippen LogP contribution in [0.2, 0.25) is 0 Å². The first-order valence-electron chi connectivity index (χ1n) is 4.51. The Morgan fingerprint density at radius 1 is 1.53 bits per heavy atom. The van der Waals surface area contributed by atoms with Crippen molar-refractivity contribution in [2.24, 2.45) is 5.92 Å². The van der Waals surface area contributed by atoms with Crippen LogP contribution in [0.15, 0.2) is 22.8 Å². The minimum atomic E-state index is -3.81. The van der Waals surface area contributed by atoms with Crippen LogP contribution in [0.5, 0.6) is 0 Å². The molecule has 15 heavy (non-hydrogen) atoms. The van der Waals surface area contributed by atoms with E-state index >= 15 is 0 Å². The van der Waals surface area contributed by atoms with Gasteiger partial charge in [0, 0.05) is 0 Å². The van der Waals surface area contributed by atoms with Crippen molar-refractivity contribution in [3.8, 4) is 0 Å². The molecule has 1 unspecified atom stereocenters. The van der Waals surface area contributed by atoms with Gasteiger partial charge in [-0.3, -0.25) is 4.79 Å². The molecule has 0 bridgehead atoms. The summed E-state index contributed by atoms with van der Waals surface area (Å²) in [4.78, 5) is 11.3. The maximum Gasteiger partial charge on any atom is 0.338 e. The largest absolute Gasteiger partial charge is 0.461 e. The highest BCUT2D eigenvalue weighted by molar-refractivity contribution is 5.99. The molecule has 1 aromatic rings. The molecule has 0 aliphatic rings. The molecule has 0 saturated carbocycles. The lowest BCUT2D eigenvalue weighted by Crippen LogP contribution is -2.44. The Kier molecular flexibility index (Phi) is 3.24. The highest BCUT2D eigenvalue weighted by Crippen LogP contribution is 2.28. The topological polar surface area (TPSA) is 50.4 Å². The van der Waals surface area contributed by atoms with Crippen LogP contribution >= 0.6 is 0 Å². The third-order valence-corrected chi connectivity index (χ3v) is 2.05. The third-order valence-electron chi connectivity index (χ3n) is 2.05. The summed E-state index contributed by atoms with van der Waals surface area (Å²) in [6, 6.07) is 2.48. The molecule has 5 heteroatoms. The van der Waals surface area contributed by atoms with Crippen LogP contribution in [0.1, 0.15) is 24.4 Å². The summed E-state index contributed by atoms with van der Waals surface area (Å²) in [5, 5.41) is 9.21. The van der Waals surface area contributed by atoms with E-state index < -0.39 is 29.5 Å². The molecule has 0 radical (unpaired) electrons. The highest BCUT2D eigenvalue weighted by Gasteiger charge is 2.49. The summed E-state index contributed by atoms with van der Waals surface area (Å²) >= 11 is 0. The quantitative estimate of drug-likeness (QED) is 0.787. The van der Waals surface area contributed by atoms with Crippen molar-refractivity contribution < 1.29 is 23.1 Å². The van der Waals surface area contributed by atoms with Crippen LogP contribution in [0.3, 0.4) is 0 Å². The number of ketones is 1. The summed E-state index contributed by atoms with van der Waals surface area (Å²) in [7, 11) is 0. The zero-order valence-corrected chi connectivity index (χ0v) is 8.41. The maximum atomic E-state index is 13.4. The van der Waals surface area contributed by atoms with Crippen molar-refractivity contribution in [2.45, 2.75) is 25.9 Å². The third kappa shape index (κ3) is 2.23. The van der Waals surface area contributed by atoms with Crippen molar-refractivity contribution in [3.05, 3.63) is 24.2 Å². The summed E-state index contributed by atoms with van der Waals surface area (Å²) < 4.78 is 31.3. The second-order valence-corrected chi connectivity index (χ2v) is 3.62. The van der Waals surface area contributed by atoms with Crippen LogP contribution in [0.4, 0.5) is 8.78 Å². The number of aliphatic hydroxyl groups excluding tert-OH is 1. The van der Waals surface area contributed by atoms with Crippen LogP contribution in [0, 0.1) is 5.92 Å². The Balaban J connectivity index is 2.91. The average Bonchev–Trinajstić information content (AvgIpc) is 2.67. The summed E-state index contributed by atoms with van der Waals surface area (Å²) in [5.74, 6) is -6.46. The number of alkyl halides is 2. The molecule has 1 N–H and O–H groups in total. The SMILES string of the molecule is CC(C)C(O)C(F)(F)C(=O)c1ccco1. The maximum absolute atomic E-state index is 13.4. The van der Waals surface area contributed by atoms with Gasteiger partial charge in [0.15, 0.2) is 5.76 Å². The number of furan rings is 1. The molecule has 0 saturated heterocycles. The monoisotopic (exact) mass is 218 g/mol. The summed E-state index contributed by atoms with van der Waals surface area (Å²) in [5.41, 5.74) is 0. The number of Topliss-reactive ketones (excluding diaryl/α,β-unsaturated/α-hetero) is 1. The smallest absolute Gasteiger partial charge is 0.338 e. The second-order valence-electron chi connectivity index (χ2n) is 3.62. The van der Waals surface area contributed by atoms with Crippen LogP contribution < -0.4 is 0 Å². The molecule has 84 valence electrons. The van der Waals surface area contributed by atoms with Gasteiger partial charge in [0.25, 0.3) is 5.78 Å². The van der Waals surface area contributed by atoms with E-state index in [1.165, 1.54) is 19.9 Å². The number of rotatable bonds is 4. The zero-order chi connectivity index (χ0) is 11.6. The van der Waals surface area contributed by atoms with Gasteiger partial charge in [-0.05, 0) is 18.1 Å². The van der Waals surface area contributed by atoms with Gasteiger partial charge in [-0.25, -0.2) is 0 Å². The summed E-state index contributed by atoms with van der Waals surface area (Å²) in [6.07, 6.45) is -0.875. The first-order valence-corrected chi connectivity index (χ1v) is 4.51. The lowest BCUT2D eigenvalue weighted by Gasteiger charge is -2.23. The van der Waals surface area contributed by atoms with E-state index in [4.69, 9.17) is 0 Å². The van der Waals surface area contributed by atoms with E-state index in [1.54, 1.807) is 0 Å². The number of hydrogen-bond donors (Lipinski definition) is 1. The molecule has 0 amide bonds. The van der Waals surface area contributed by atoms with Gasteiger partial charge in [0.05, 0.1) is 6.26 Å². The Morgan fingerprint density at radius 2 is 2.13 bits per heavy atom. The van der Waals surface area contributed by atoms with Gasteiger partial charge >= 0.3 is 5.92 Å². The van der Waals surface area contributed by atoms with E-state index in [0.29, 0.717) is 0 Å². The number of aliphatic hydroxyl groups is 1. The van der Waals surface area contributed by atoms with Crippen molar-refractivity contribution >= 4 is 5.78 Å². The van der Waals surface area contributed by atoms with Gasteiger partial charge in [-0.15, -0.1) is 0 Å². The molecule has 0 aromatic carbocycles. The molecule has 0 fully saturated rings. The number of halogens is 2. The van der Waals surface area contributed by atoms with Gasteiger partial charge < -0.3 is 9.52 Å². The normalized spacial score (nSPS) is 14.3. The average molecular weight is 218 g/mol. The predicted octanol–water partition coefficient (Wildman–Crippen LogP) is 2.11. The molecular formula is C10H12F2O3. The van der Waals surface area contributed by atoms with E-state index in [9.17, 15) is 18.7 Å². The van der Waals surface area contributed by atoms with Gasteiger partial charge in [0.1, 0.15) is 6.10 Å². The molecule has 1 rings (SSSR count). The van der Waals surface area contributed by atoms with Crippen LogP contribution in [-0.4, -0.2) is 22.9 Å². The second kappa shape index (κ2) is 4.10. The highest BCUT2D eigenvalue weighted by atomic mass is 19.3. The summed E-state index contributed by atoms with van der Waals surface area (Å²) in [6.45, 7) is 2.82. The van der Waals surface area contributed by atoms with E-state index in [-0.39, 0.29) is 0 Å². The fourth-order valence-corrected chi connectivity index (χ4v) is 1.12. The Labute approximate surface area is 85.7 Å². The van der Waals surface area contributed by atoms with Crippen LogP contribution in [0.25, 0.3) is 0 Å². The zero-order valence-electron chi connectivity index (χ0n) is 8.41. The Hall–Kier alpha value is -1.23. The lowest BCUT2D eigenvalue weighted by atomic mass is 9.97. The lowest BCUT2D eigenvalue weighted by molar-refractivity contribution is -0.0960. The van der Waals surface area contributed by atoms with Crippen molar-refractivity contribution in [2.75, 3.05) is 0 Å². The molecular weight excluding hydrogens is 206 g/mol. The van der Waals surface area contributed by atoms with Crippen molar-refractivity contribution in [3.63, 3.8) is 0 Å². The first-order chi connectivity index (χ1) is 6.87. The molecule has 0 spiro atoms. The van der Waals surface area contributed by atoms with Gasteiger partial charge in [0.2, 0.25) is 0 Å². The van der Waals surface area contributed by atoms with Crippen molar-refractivity contribution in [1.82, 2.24) is 0 Å². The Morgan fingerprint density at radius 3 is 2.53 bits per heavy atom. The Bertz CT molecular complexity index is 330. The van der Waals surface area contributed by atoms with Crippen LogP contribution in [-0.2, 0) is 0 Å². The van der Waals surface area contributed by atoms with E-state index in [2.05, 4.69) is 4.42 Å². The minimum absolute atomic E-state index is 0.445. The fraction of sp³-hybridized carbons (Fsp3) is 0.500. The van der Waals surface area contributed by atoms with Gasteiger partial charge in [-0.1, -0.05) is 13.8 Å². The first kappa shape index (κ1) is 11.8. The number of hydrogen-bond acceptors (Lipinski definition) is 3. The molecule has 1 atom stereocenters. The van der Waals surface area contributed by atoms with E-state index in [1.807, 2.05) is 0 Å². The minimum Gasteiger partial charge on any atom is -0.461 e. The van der Waals surface area contributed by atoms with E-state index in [0.717, 1.165) is 12.3 Å². The number of carbonyl (C=O) groups is 1. The molecule has 3 nitrogen and oxygen atoms in total. The van der Waals surface area contributed by atoms with Crippen molar-refractivity contribution in [1.29, 1.82) is 0 Å².